The first kappa shape index (κ1) is 23.5. The smallest absolute Gasteiger partial charge is 0.186 e. The van der Waals surface area contributed by atoms with Crippen LogP contribution in [0.15, 0.2) is 0 Å². The molecule has 154 valence electrons. The quantitative estimate of drug-likeness (QED) is 0.429. The van der Waals surface area contributed by atoms with Crippen molar-refractivity contribution < 1.29 is 29.6 Å². The van der Waals surface area contributed by atoms with Gasteiger partial charge in [-0.1, -0.05) is 59.3 Å². The van der Waals surface area contributed by atoms with Crippen molar-refractivity contribution in [2.24, 2.45) is 5.41 Å². The summed E-state index contributed by atoms with van der Waals surface area (Å²) in [5.74, 6) is 0.353. The average molecular weight is 375 g/mol. The van der Waals surface area contributed by atoms with Crippen LogP contribution < -0.4 is 0 Å². The number of aliphatic hydroxyl groups excluding tert-OH is 3. The van der Waals surface area contributed by atoms with Crippen LogP contribution in [0.2, 0.25) is 0 Å². The lowest BCUT2D eigenvalue weighted by Crippen LogP contribution is -2.34. The SMILES string of the molecule is CC(C)(C)C(=O)CCCCCCCCCCO[C@@H]1O[C@@H](CO)C(O)C1O. The van der Waals surface area contributed by atoms with E-state index in [1.807, 2.05) is 20.8 Å². The first-order valence-corrected chi connectivity index (χ1v) is 10.0. The summed E-state index contributed by atoms with van der Waals surface area (Å²) in [6.45, 7) is 6.08. The molecule has 2 unspecified atom stereocenters. The van der Waals surface area contributed by atoms with Gasteiger partial charge in [0.25, 0.3) is 0 Å². The van der Waals surface area contributed by atoms with Gasteiger partial charge in [0.15, 0.2) is 6.29 Å². The number of carbonyl (C=O) groups is 1. The van der Waals surface area contributed by atoms with Crippen molar-refractivity contribution in [1.29, 1.82) is 0 Å². The van der Waals surface area contributed by atoms with Gasteiger partial charge < -0.3 is 24.8 Å². The van der Waals surface area contributed by atoms with E-state index in [4.69, 9.17) is 14.6 Å². The monoisotopic (exact) mass is 374 g/mol. The largest absolute Gasteiger partial charge is 0.394 e. The number of ether oxygens (including phenoxy) is 2. The third-order valence-electron chi connectivity index (χ3n) is 4.92. The normalized spacial score (nSPS) is 26.4. The van der Waals surface area contributed by atoms with E-state index in [1.165, 1.54) is 19.3 Å². The second kappa shape index (κ2) is 12.0. The second-order valence-electron chi connectivity index (χ2n) is 8.33. The molecular formula is C20H38O6. The van der Waals surface area contributed by atoms with Gasteiger partial charge in [0.1, 0.15) is 24.1 Å². The Bertz CT molecular complexity index is 392. The molecule has 0 radical (unpaired) electrons. The maximum atomic E-state index is 11.8. The Morgan fingerprint density at radius 1 is 0.923 bits per heavy atom. The molecule has 1 saturated heterocycles. The predicted molar refractivity (Wildman–Crippen MR) is 99.7 cm³/mol. The average Bonchev–Trinajstić information content (AvgIpc) is 2.86. The molecule has 0 aromatic heterocycles. The fourth-order valence-corrected chi connectivity index (χ4v) is 3.03. The number of hydrogen-bond donors (Lipinski definition) is 3. The minimum Gasteiger partial charge on any atom is -0.394 e. The maximum absolute atomic E-state index is 11.8. The van der Waals surface area contributed by atoms with Crippen molar-refractivity contribution in [3.63, 3.8) is 0 Å². The second-order valence-corrected chi connectivity index (χ2v) is 8.33. The number of hydrogen-bond acceptors (Lipinski definition) is 6. The highest BCUT2D eigenvalue weighted by Crippen LogP contribution is 2.22. The number of unbranched alkanes of at least 4 members (excludes halogenated alkanes) is 7. The number of Topliss-reactive ketones (excluding diaryl/α,β-unsaturated/α-hetero) is 1. The van der Waals surface area contributed by atoms with Gasteiger partial charge in [-0.2, -0.15) is 0 Å². The third-order valence-corrected chi connectivity index (χ3v) is 4.92. The van der Waals surface area contributed by atoms with Crippen molar-refractivity contribution in [2.75, 3.05) is 13.2 Å². The Hall–Kier alpha value is -0.530. The van der Waals surface area contributed by atoms with E-state index in [9.17, 15) is 15.0 Å². The van der Waals surface area contributed by atoms with Gasteiger partial charge in [0.05, 0.1) is 6.61 Å². The number of ketones is 1. The minimum absolute atomic E-state index is 0.210. The van der Waals surface area contributed by atoms with Crippen molar-refractivity contribution >= 4 is 5.78 Å². The summed E-state index contributed by atoms with van der Waals surface area (Å²) in [5.41, 5.74) is -0.210. The lowest BCUT2D eigenvalue weighted by atomic mass is 9.88. The van der Waals surface area contributed by atoms with E-state index >= 15 is 0 Å². The van der Waals surface area contributed by atoms with Gasteiger partial charge >= 0.3 is 0 Å². The van der Waals surface area contributed by atoms with Crippen LogP contribution in [0.25, 0.3) is 0 Å². The van der Waals surface area contributed by atoms with E-state index in [0.717, 1.165) is 32.1 Å². The summed E-state index contributed by atoms with van der Waals surface area (Å²) in [5, 5.41) is 28.4. The summed E-state index contributed by atoms with van der Waals surface area (Å²) in [6.07, 6.45) is 5.63. The van der Waals surface area contributed by atoms with Gasteiger partial charge in [-0.3, -0.25) is 4.79 Å². The van der Waals surface area contributed by atoms with E-state index in [0.29, 0.717) is 18.8 Å². The molecule has 0 spiro atoms. The van der Waals surface area contributed by atoms with E-state index < -0.39 is 24.6 Å². The molecule has 0 aromatic carbocycles. The van der Waals surface area contributed by atoms with Crippen LogP contribution >= 0.6 is 0 Å². The van der Waals surface area contributed by atoms with Crippen LogP contribution in [0.1, 0.15) is 78.6 Å². The van der Waals surface area contributed by atoms with Crippen molar-refractivity contribution in [3.8, 4) is 0 Å². The molecule has 1 rings (SSSR count). The number of aliphatic hydroxyl groups is 3. The van der Waals surface area contributed by atoms with Crippen LogP contribution in [0.5, 0.6) is 0 Å². The highest BCUT2D eigenvalue weighted by atomic mass is 16.7. The predicted octanol–water partition coefficient (Wildman–Crippen LogP) is 2.57. The van der Waals surface area contributed by atoms with Crippen LogP contribution in [-0.4, -0.2) is 58.9 Å². The molecule has 26 heavy (non-hydrogen) atoms. The summed E-state index contributed by atoms with van der Waals surface area (Å²) in [7, 11) is 0. The first-order valence-electron chi connectivity index (χ1n) is 10.0. The molecule has 0 aromatic rings. The minimum atomic E-state index is -1.10. The Morgan fingerprint density at radius 3 is 1.96 bits per heavy atom. The molecule has 1 heterocycles. The van der Waals surface area contributed by atoms with Gasteiger partial charge in [-0.05, 0) is 12.8 Å². The molecule has 1 aliphatic rings. The van der Waals surface area contributed by atoms with Crippen LogP contribution in [0.3, 0.4) is 0 Å². The zero-order valence-electron chi connectivity index (χ0n) is 16.7. The van der Waals surface area contributed by atoms with Crippen molar-refractivity contribution in [2.45, 2.75) is 103 Å². The molecule has 1 fully saturated rings. The molecule has 0 amide bonds. The third kappa shape index (κ3) is 8.44. The highest BCUT2D eigenvalue weighted by molar-refractivity contribution is 5.83. The molecule has 6 nitrogen and oxygen atoms in total. The number of rotatable bonds is 13. The molecule has 0 bridgehead atoms. The molecule has 1 aliphatic heterocycles. The van der Waals surface area contributed by atoms with E-state index in [2.05, 4.69) is 0 Å². The summed E-state index contributed by atoms with van der Waals surface area (Å²) in [4.78, 5) is 11.8. The lowest BCUT2D eigenvalue weighted by molar-refractivity contribution is -0.169. The van der Waals surface area contributed by atoms with Crippen LogP contribution in [-0.2, 0) is 14.3 Å². The zero-order valence-corrected chi connectivity index (χ0v) is 16.7. The number of carbonyl (C=O) groups excluding carboxylic acids is 1. The highest BCUT2D eigenvalue weighted by Gasteiger charge is 2.42. The maximum Gasteiger partial charge on any atom is 0.186 e. The van der Waals surface area contributed by atoms with Crippen molar-refractivity contribution in [3.05, 3.63) is 0 Å². The Kier molecular flexibility index (Phi) is 10.9. The zero-order chi connectivity index (χ0) is 19.6. The fourth-order valence-electron chi connectivity index (χ4n) is 3.03. The van der Waals surface area contributed by atoms with Gasteiger partial charge in [0.2, 0.25) is 0 Å². The van der Waals surface area contributed by atoms with Gasteiger partial charge in [-0.15, -0.1) is 0 Å². The van der Waals surface area contributed by atoms with Gasteiger partial charge in [0, 0.05) is 18.4 Å². The topological polar surface area (TPSA) is 96.2 Å². The van der Waals surface area contributed by atoms with Crippen LogP contribution in [0.4, 0.5) is 0 Å². The molecular weight excluding hydrogens is 336 g/mol. The first-order chi connectivity index (χ1) is 12.3. The van der Waals surface area contributed by atoms with E-state index in [1.54, 1.807) is 0 Å². The van der Waals surface area contributed by atoms with E-state index in [-0.39, 0.29) is 12.0 Å². The fraction of sp³-hybridized carbons (Fsp3) is 0.950. The molecule has 4 atom stereocenters. The summed E-state index contributed by atoms with van der Waals surface area (Å²) < 4.78 is 10.7. The Balaban J connectivity index is 1.90. The Morgan fingerprint density at radius 2 is 1.46 bits per heavy atom. The molecule has 3 N–H and O–H groups in total. The van der Waals surface area contributed by atoms with Crippen LogP contribution in [0, 0.1) is 5.41 Å². The molecule has 6 heteroatoms. The standard InChI is InChI=1S/C20H38O6/c1-20(2,3)16(22)12-10-8-6-4-5-7-9-11-13-25-19-18(24)17(23)15(14-21)26-19/h15,17-19,21,23-24H,4-14H2,1-3H3/t15-,17?,18?,19+/m0/s1. The molecule has 0 saturated carbocycles. The van der Waals surface area contributed by atoms with Gasteiger partial charge in [-0.25, -0.2) is 0 Å². The van der Waals surface area contributed by atoms with Crippen molar-refractivity contribution in [1.82, 2.24) is 0 Å². The summed E-state index contributed by atoms with van der Waals surface area (Å²) >= 11 is 0. The molecule has 0 aliphatic carbocycles. The Labute approximate surface area is 157 Å². The lowest BCUT2D eigenvalue weighted by Gasteiger charge is -2.16. The summed E-state index contributed by atoms with van der Waals surface area (Å²) in [6, 6.07) is 0.